The Morgan fingerprint density at radius 3 is 2.81 bits per heavy atom. The molecule has 2 aromatic rings. The Morgan fingerprint density at radius 2 is 2.10 bits per heavy atom. The standard InChI is InChI=1S/C16H25N3OS/c1-5-20-13-6-7-14-15(8-13)19-16(18-14)21-12(4)10-17-9-11(2)3/h6-8,11-12,17H,5,9-10H2,1-4H3,(H,18,19). The first-order chi connectivity index (χ1) is 10.1. The quantitative estimate of drug-likeness (QED) is 0.730. The van der Waals surface area contributed by atoms with Crippen molar-refractivity contribution >= 4 is 22.8 Å². The number of fused-ring (bicyclic) bond motifs is 1. The van der Waals surface area contributed by atoms with E-state index >= 15 is 0 Å². The zero-order valence-electron chi connectivity index (χ0n) is 13.3. The first-order valence-electron chi connectivity index (χ1n) is 7.58. The Balaban J connectivity index is 1.95. The number of rotatable bonds is 8. The van der Waals surface area contributed by atoms with Gasteiger partial charge in [-0.3, -0.25) is 0 Å². The van der Waals surface area contributed by atoms with Crippen LogP contribution >= 0.6 is 11.8 Å². The van der Waals surface area contributed by atoms with Gasteiger partial charge in [0.15, 0.2) is 5.16 Å². The van der Waals surface area contributed by atoms with E-state index in [-0.39, 0.29) is 0 Å². The molecular weight excluding hydrogens is 282 g/mol. The number of hydrogen-bond acceptors (Lipinski definition) is 4. The molecule has 2 N–H and O–H groups in total. The van der Waals surface area contributed by atoms with Crippen molar-refractivity contribution in [3.05, 3.63) is 18.2 Å². The van der Waals surface area contributed by atoms with Gasteiger partial charge in [0.05, 0.1) is 17.6 Å². The summed E-state index contributed by atoms with van der Waals surface area (Å²) < 4.78 is 5.52. The SMILES string of the molecule is CCOc1ccc2nc(SC(C)CNCC(C)C)[nH]c2c1. The smallest absolute Gasteiger partial charge is 0.166 e. The molecule has 0 aliphatic heterocycles. The zero-order chi connectivity index (χ0) is 15.2. The molecule has 1 heterocycles. The van der Waals surface area contributed by atoms with E-state index in [1.807, 2.05) is 25.1 Å². The Bertz CT molecular complexity index is 568. The summed E-state index contributed by atoms with van der Waals surface area (Å²) in [5.41, 5.74) is 2.02. The van der Waals surface area contributed by atoms with E-state index in [1.165, 1.54) is 0 Å². The predicted octanol–water partition coefficient (Wildman–Crippen LogP) is 3.69. The summed E-state index contributed by atoms with van der Waals surface area (Å²) in [7, 11) is 0. The van der Waals surface area contributed by atoms with Crippen LogP contribution < -0.4 is 10.1 Å². The molecule has 4 nitrogen and oxygen atoms in total. The molecule has 0 spiro atoms. The summed E-state index contributed by atoms with van der Waals surface area (Å²) in [5.74, 6) is 1.57. The van der Waals surface area contributed by atoms with Crippen molar-refractivity contribution in [2.24, 2.45) is 5.92 Å². The lowest BCUT2D eigenvalue weighted by Gasteiger charge is -2.12. The summed E-state index contributed by atoms with van der Waals surface area (Å²) in [6.07, 6.45) is 0. The fraction of sp³-hybridized carbons (Fsp3) is 0.562. The van der Waals surface area contributed by atoms with Gasteiger partial charge < -0.3 is 15.0 Å². The number of H-pyrrole nitrogens is 1. The molecule has 2 rings (SSSR count). The second-order valence-electron chi connectivity index (χ2n) is 5.63. The van der Waals surface area contributed by atoms with Crippen molar-refractivity contribution in [2.75, 3.05) is 19.7 Å². The van der Waals surface area contributed by atoms with Gasteiger partial charge in [0.25, 0.3) is 0 Å². The highest BCUT2D eigenvalue weighted by Crippen LogP contribution is 2.25. The molecule has 0 saturated heterocycles. The maximum absolute atomic E-state index is 5.52. The van der Waals surface area contributed by atoms with Gasteiger partial charge >= 0.3 is 0 Å². The fourth-order valence-corrected chi connectivity index (χ4v) is 2.99. The molecule has 21 heavy (non-hydrogen) atoms. The average molecular weight is 307 g/mol. The van der Waals surface area contributed by atoms with E-state index in [2.05, 4.69) is 36.1 Å². The second kappa shape index (κ2) is 7.71. The van der Waals surface area contributed by atoms with E-state index in [0.717, 1.165) is 35.0 Å². The largest absolute Gasteiger partial charge is 0.494 e. The topological polar surface area (TPSA) is 49.9 Å². The lowest BCUT2D eigenvalue weighted by atomic mass is 10.2. The predicted molar refractivity (Wildman–Crippen MR) is 90.3 cm³/mol. The Morgan fingerprint density at radius 1 is 1.29 bits per heavy atom. The van der Waals surface area contributed by atoms with Crippen LogP contribution in [0.5, 0.6) is 5.75 Å². The molecule has 0 aliphatic carbocycles. The highest BCUT2D eigenvalue weighted by Gasteiger charge is 2.09. The van der Waals surface area contributed by atoms with Crippen LogP contribution in [0, 0.1) is 5.92 Å². The average Bonchev–Trinajstić information content (AvgIpc) is 2.80. The number of hydrogen-bond donors (Lipinski definition) is 2. The van der Waals surface area contributed by atoms with Gasteiger partial charge in [0.2, 0.25) is 0 Å². The molecule has 116 valence electrons. The van der Waals surface area contributed by atoms with Gasteiger partial charge in [-0.25, -0.2) is 4.98 Å². The minimum Gasteiger partial charge on any atom is -0.494 e. The minimum atomic E-state index is 0.482. The Hall–Kier alpha value is -1.20. The molecule has 5 heteroatoms. The number of nitrogens with one attached hydrogen (secondary N) is 2. The number of nitrogens with zero attached hydrogens (tertiary/aromatic N) is 1. The molecule has 0 saturated carbocycles. The van der Waals surface area contributed by atoms with Crippen molar-refractivity contribution in [3.63, 3.8) is 0 Å². The van der Waals surface area contributed by atoms with Crippen molar-refractivity contribution in [2.45, 2.75) is 38.1 Å². The fourth-order valence-electron chi connectivity index (χ4n) is 2.09. The van der Waals surface area contributed by atoms with Gasteiger partial charge in [-0.15, -0.1) is 0 Å². The number of benzene rings is 1. The van der Waals surface area contributed by atoms with Gasteiger partial charge in [-0.1, -0.05) is 32.5 Å². The van der Waals surface area contributed by atoms with Gasteiger partial charge in [-0.2, -0.15) is 0 Å². The molecule has 1 atom stereocenters. The van der Waals surface area contributed by atoms with Gasteiger partial charge in [0, 0.05) is 17.9 Å². The van der Waals surface area contributed by atoms with Crippen molar-refractivity contribution < 1.29 is 4.74 Å². The van der Waals surface area contributed by atoms with Crippen LogP contribution in [0.25, 0.3) is 11.0 Å². The molecule has 0 fully saturated rings. The van der Waals surface area contributed by atoms with Crippen LogP contribution in [-0.2, 0) is 0 Å². The van der Waals surface area contributed by atoms with Gasteiger partial charge in [0.1, 0.15) is 5.75 Å². The van der Waals surface area contributed by atoms with Crippen LogP contribution in [0.15, 0.2) is 23.4 Å². The highest BCUT2D eigenvalue weighted by molar-refractivity contribution is 7.99. The van der Waals surface area contributed by atoms with E-state index in [0.29, 0.717) is 17.8 Å². The second-order valence-corrected chi connectivity index (χ2v) is 7.06. The molecule has 1 aromatic heterocycles. The molecule has 0 aliphatic rings. The van der Waals surface area contributed by atoms with Crippen molar-refractivity contribution in [3.8, 4) is 5.75 Å². The molecule has 0 amide bonds. The number of aromatic amines is 1. The highest BCUT2D eigenvalue weighted by atomic mass is 32.2. The first kappa shape index (κ1) is 16.2. The normalized spacial score (nSPS) is 13.0. The summed E-state index contributed by atoms with van der Waals surface area (Å²) in [5, 5.41) is 4.93. The maximum Gasteiger partial charge on any atom is 0.166 e. The Labute approximate surface area is 131 Å². The number of thioether (sulfide) groups is 1. The van der Waals surface area contributed by atoms with Gasteiger partial charge in [-0.05, 0) is 31.5 Å². The first-order valence-corrected chi connectivity index (χ1v) is 8.46. The third-order valence-electron chi connectivity index (χ3n) is 3.04. The van der Waals surface area contributed by atoms with Crippen LogP contribution in [0.4, 0.5) is 0 Å². The zero-order valence-corrected chi connectivity index (χ0v) is 14.1. The van der Waals surface area contributed by atoms with Crippen LogP contribution in [0.1, 0.15) is 27.7 Å². The third-order valence-corrected chi connectivity index (χ3v) is 4.03. The van der Waals surface area contributed by atoms with Crippen molar-refractivity contribution in [1.82, 2.24) is 15.3 Å². The van der Waals surface area contributed by atoms with E-state index in [9.17, 15) is 0 Å². The lowest BCUT2D eigenvalue weighted by Crippen LogP contribution is -2.26. The molecule has 0 bridgehead atoms. The number of aromatic nitrogens is 2. The molecular formula is C16H25N3OS. The van der Waals surface area contributed by atoms with Crippen LogP contribution in [0.2, 0.25) is 0 Å². The molecule has 1 unspecified atom stereocenters. The lowest BCUT2D eigenvalue weighted by molar-refractivity contribution is 0.340. The summed E-state index contributed by atoms with van der Waals surface area (Å²) in [4.78, 5) is 7.99. The third kappa shape index (κ3) is 4.93. The van der Waals surface area contributed by atoms with Crippen LogP contribution in [-0.4, -0.2) is 34.9 Å². The summed E-state index contributed by atoms with van der Waals surface area (Å²) in [6, 6.07) is 5.98. The summed E-state index contributed by atoms with van der Waals surface area (Å²) >= 11 is 1.77. The summed E-state index contributed by atoms with van der Waals surface area (Å²) in [6.45, 7) is 11.4. The van der Waals surface area contributed by atoms with Crippen molar-refractivity contribution in [1.29, 1.82) is 0 Å². The number of ether oxygens (including phenoxy) is 1. The Kier molecular flexibility index (Phi) is 5.94. The molecule has 0 radical (unpaired) electrons. The van der Waals surface area contributed by atoms with Crippen LogP contribution in [0.3, 0.4) is 0 Å². The van der Waals surface area contributed by atoms with E-state index in [4.69, 9.17) is 4.74 Å². The van der Waals surface area contributed by atoms with E-state index < -0.39 is 0 Å². The minimum absolute atomic E-state index is 0.482. The number of imidazole rings is 1. The molecule has 1 aromatic carbocycles. The van der Waals surface area contributed by atoms with E-state index in [1.54, 1.807) is 11.8 Å². The monoisotopic (exact) mass is 307 g/mol. The maximum atomic E-state index is 5.52.